The molecule has 0 bridgehead atoms. The normalized spacial score (nSPS) is 10.9. The molecule has 6 heteroatoms. The topological polar surface area (TPSA) is 40.9 Å². The van der Waals surface area contributed by atoms with Crippen LogP contribution < -0.4 is 24.8 Å². The molecule has 27 heavy (non-hydrogen) atoms. The molecule has 1 aromatic carbocycles. The van der Waals surface area contributed by atoms with Crippen molar-refractivity contribution in [3.63, 3.8) is 0 Å². The Morgan fingerprint density at radius 1 is 1.07 bits per heavy atom. The third-order valence-corrected chi connectivity index (χ3v) is 3.47. The summed E-state index contributed by atoms with van der Waals surface area (Å²) in [6.07, 6.45) is 8.24. The Morgan fingerprint density at radius 2 is 1.48 bits per heavy atom. The van der Waals surface area contributed by atoms with Crippen molar-refractivity contribution >= 4 is 15.4 Å². The first-order valence-corrected chi connectivity index (χ1v) is 10.9. The minimum atomic E-state index is -0.567. The standard InChI is InChI=1S/C13H19NO.C6H7.C2H7Si.2ClH.Hf/c1-8(2)10-6-5-7-11(9(3)4)12(10)13(14)15;1-6-4-2-3-5-6;1-3-2;;;/h5-9H,1-4H3,(H2,14,15);4-5H,2H2,1H3;3H,1-2H3;2*1H;/q;-1;;;;+4/p-3. The molecule has 0 saturated carbocycles. The monoisotopic (exact) mass is 592 g/mol. The van der Waals surface area contributed by atoms with E-state index in [-0.39, 0.29) is 62.5 Å². The summed E-state index contributed by atoms with van der Waals surface area (Å²) in [7, 11) is 0.750. The van der Waals surface area contributed by atoms with E-state index in [0.29, 0.717) is 5.56 Å². The van der Waals surface area contributed by atoms with Gasteiger partial charge in [-0.25, -0.2) is 11.6 Å². The molecule has 0 atom stereocenters. The van der Waals surface area contributed by atoms with E-state index in [1.54, 1.807) is 0 Å². The minimum Gasteiger partial charge on any atom is -1.00 e. The third kappa shape index (κ3) is 13.6. The second-order valence-electron chi connectivity index (χ2n) is 6.53. The largest absolute Gasteiger partial charge is 4.00 e. The van der Waals surface area contributed by atoms with Crippen molar-refractivity contribution in [2.24, 2.45) is 0 Å². The number of carbonyl (C=O) groups excluding carboxylic acids is 1. The fourth-order valence-electron chi connectivity index (χ4n) is 2.31. The summed E-state index contributed by atoms with van der Waals surface area (Å²) in [6.45, 7) is 14.7. The Morgan fingerprint density at radius 3 is 1.67 bits per heavy atom. The van der Waals surface area contributed by atoms with E-state index in [9.17, 15) is 4.79 Å². The molecule has 0 aromatic heterocycles. The molecule has 1 radical (unpaired) electrons. The first-order valence-electron chi connectivity index (χ1n) is 8.62. The van der Waals surface area contributed by atoms with Crippen LogP contribution in [0.5, 0.6) is 0 Å². The van der Waals surface area contributed by atoms with E-state index in [0.717, 1.165) is 27.1 Å². The third-order valence-electron chi connectivity index (χ3n) is 3.47. The fraction of sp³-hybridized carbons (Fsp3) is 0.476. The molecule has 1 N–H and O–H groups in total. The van der Waals surface area contributed by atoms with Crippen LogP contribution in [0.2, 0.25) is 13.1 Å². The van der Waals surface area contributed by atoms with Gasteiger partial charge in [-0.15, -0.1) is 13.3 Å². The van der Waals surface area contributed by atoms with Gasteiger partial charge in [-0.2, -0.15) is 6.08 Å². The van der Waals surface area contributed by atoms with E-state index in [1.807, 2.05) is 52.0 Å². The summed E-state index contributed by atoms with van der Waals surface area (Å²) in [5.41, 5.74) is 11.3. The van der Waals surface area contributed by atoms with Crippen LogP contribution in [-0.4, -0.2) is 15.4 Å². The zero-order valence-corrected chi connectivity index (χ0v) is 23.7. The Kier molecular flexibility index (Phi) is 24.4. The van der Waals surface area contributed by atoms with Crippen LogP contribution in [0.15, 0.2) is 35.9 Å². The average molecular weight is 592 g/mol. The molecule has 0 saturated heterocycles. The van der Waals surface area contributed by atoms with Gasteiger partial charge in [0.05, 0.1) is 5.91 Å². The summed E-state index contributed by atoms with van der Waals surface area (Å²) in [5.74, 6) is 0.00370. The molecule has 149 valence electrons. The zero-order chi connectivity index (χ0) is 18.7. The number of nitrogens with one attached hydrogen (secondary N) is 1. The molecule has 1 aromatic rings. The van der Waals surface area contributed by atoms with Crippen molar-refractivity contribution in [3.8, 4) is 0 Å². The minimum absolute atomic E-state index is 0. The summed E-state index contributed by atoms with van der Waals surface area (Å²) < 4.78 is 0. The predicted molar refractivity (Wildman–Crippen MR) is 108 cm³/mol. The van der Waals surface area contributed by atoms with Gasteiger partial charge in [-0.1, -0.05) is 59.0 Å². The van der Waals surface area contributed by atoms with Gasteiger partial charge in [0, 0.05) is 15.1 Å². The molecule has 0 spiro atoms. The van der Waals surface area contributed by atoms with E-state index >= 15 is 0 Å². The molecular formula is C21H32Cl2HfNOSi. The summed E-state index contributed by atoms with van der Waals surface area (Å²) in [5, 5.41) is 0. The smallest absolute Gasteiger partial charge is 1.00 e. The van der Waals surface area contributed by atoms with Crippen molar-refractivity contribution in [3.05, 3.63) is 64.4 Å². The number of amides is 1. The van der Waals surface area contributed by atoms with Gasteiger partial charge in [0.2, 0.25) is 0 Å². The Labute approximate surface area is 200 Å². The first-order chi connectivity index (χ1) is 11.3. The van der Waals surface area contributed by atoms with Crippen molar-refractivity contribution in [1.29, 1.82) is 0 Å². The van der Waals surface area contributed by atoms with Gasteiger partial charge in [0.25, 0.3) is 0 Å². The second-order valence-corrected chi connectivity index (χ2v) is 7.68. The van der Waals surface area contributed by atoms with Gasteiger partial charge in [0.15, 0.2) is 0 Å². The average Bonchev–Trinajstić information content (AvgIpc) is 2.98. The van der Waals surface area contributed by atoms with Crippen LogP contribution in [0.3, 0.4) is 0 Å². The van der Waals surface area contributed by atoms with Crippen molar-refractivity contribution in [2.45, 2.75) is 66.0 Å². The van der Waals surface area contributed by atoms with Crippen molar-refractivity contribution < 1.29 is 55.5 Å². The van der Waals surface area contributed by atoms with Gasteiger partial charge in [0.1, 0.15) is 0 Å². The van der Waals surface area contributed by atoms with Crippen LogP contribution >= 0.6 is 0 Å². The van der Waals surface area contributed by atoms with Crippen molar-refractivity contribution in [1.82, 2.24) is 0 Å². The Balaban J connectivity index is -0.000000186. The molecular weight excluding hydrogens is 560 g/mol. The van der Waals surface area contributed by atoms with E-state index in [2.05, 4.69) is 32.2 Å². The summed E-state index contributed by atoms with van der Waals surface area (Å²) in [6, 6.07) is 5.85. The van der Waals surface area contributed by atoms with Crippen LogP contribution in [0, 0.1) is 6.08 Å². The fourth-order valence-corrected chi connectivity index (χ4v) is 2.31. The molecule has 1 aliphatic carbocycles. The van der Waals surface area contributed by atoms with Gasteiger partial charge in [-0.05, 0) is 23.0 Å². The second kappa shape index (κ2) is 19.2. The van der Waals surface area contributed by atoms with Gasteiger partial charge < -0.3 is 35.3 Å². The maximum atomic E-state index is 11.4. The molecule has 2 rings (SSSR count). The Bertz CT molecular complexity index is 559. The van der Waals surface area contributed by atoms with Crippen molar-refractivity contribution in [2.75, 3.05) is 0 Å². The molecule has 2 nitrogen and oxygen atoms in total. The molecule has 0 fully saturated rings. The summed E-state index contributed by atoms with van der Waals surface area (Å²) >= 11 is 0. The maximum absolute atomic E-state index is 11.4. The van der Waals surface area contributed by atoms with Crippen LogP contribution in [0.4, 0.5) is 0 Å². The van der Waals surface area contributed by atoms with E-state index < -0.39 is 5.91 Å². The van der Waals surface area contributed by atoms with Crippen LogP contribution in [0.1, 0.15) is 74.4 Å². The molecule has 0 heterocycles. The predicted octanol–water partition coefficient (Wildman–Crippen LogP) is 0.346. The molecule has 0 aliphatic heterocycles. The molecule has 0 unspecified atom stereocenters. The van der Waals surface area contributed by atoms with Gasteiger partial charge in [-0.3, -0.25) is 6.08 Å². The SMILES string of the molecule is CC(C)c1cccc(C(C)C)c1C([NH-])=O.CC1=CC[C-]=C1.C[SiH]C.[Cl-].[Cl-].[Hf+4]. The quantitative estimate of drug-likeness (QED) is 0.370. The number of hydrogen-bond donors (Lipinski definition) is 0. The number of rotatable bonds is 3. The number of halogens is 2. The Hall–Kier alpha value is -0.163. The molecule has 1 aliphatic rings. The van der Waals surface area contributed by atoms with Crippen LogP contribution in [-0.2, 0) is 25.8 Å². The van der Waals surface area contributed by atoms with Gasteiger partial charge >= 0.3 is 25.8 Å². The van der Waals surface area contributed by atoms with E-state index in [4.69, 9.17) is 5.73 Å². The number of hydrogen-bond acceptors (Lipinski definition) is 1. The number of carbonyl (C=O) groups is 1. The maximum Gasteiger partial charge on any atom is 4.00 e. The van der Waals surface area contributed by atoms with Crippen LogP contribution in [0.25, 0.3) is 5.73 Å². The summed E-state index contributed by atoms with van der Waals surface area (Å²) in [4.78, 5) is 11.4. The number of allylic oxidation sites excluding steroid dienone is 4. The molecule has 1 amide bonds. The zero-order valence-electron chi connectivity index (χ0n) is 17.5. The number of benzene rings is 1. The van der Waals surface area contributed by atoms with E-state index in [1.165, 1.54) is 5.57 Å². The first kappa shape index (κ1) is 34.4.